The molecule has 16 aromatic rings. The van der Waals surface area contributed by atoms with Crippen molar-refractivity contribution in [2.75, 3.05) is 53.3 Å². The predicted octanol–water partition coefficient (Wildman–Crippen LogP) is 19.7. The fourth-order valence-electron chi connectivity index (χ4n) is 14.7. The first-order valence-corrected chi connectivity index (χ1v) is 66.1. The van der Waals surface area contributed by atoms with Crippen molar-refractivity contribution in [2.24, 2.45) is 0 Å². The Balaban J connectivity index is 0.000000203. The maximum Gasteiger partial charge on any atom is 2.00 e. The van der Waals surface area contributed by atoms with Gasteiger partial charge >= 0.3 is 593 Å². The van der Waals surface area contributed by atoms with E-state index < -0.39 is 57.4 Å². The quantitative estimate of drug-likeness (QED) is 0.0668. The van der Waals surface area contributed by atoms with Crippen LogP contribution in [-0.2, 0) is 42.1 Å². The summed E-state index contributed by atoms with van der Waals surface area (Å²) in [6, 6.07) is 152. The van der Waals surface area contributed by atoms with Crippen LogP contribution in [0.1, 0.15) is 66.8 Å². The maximum absolute atomic E-state index is 2.38. The molecule has 0 nitrogen and oxygen atoms in total. The van der Waals surface area contributed by atoms with E-state index in [1.807, 2.05) is 0 Å². The zero-order valence-electron chi connectivity index (χ0n) is 77.9. The molecule has 0 aliphatic heterocycles. The topological polar surface area (TPSA) is 0 Å². The van der Waals surface area contributed by atoms with Gasteiger partial charge in [-0.25, -0.2) is 0 Å². The Labute approximate surface area is 812 Å². The van der Waals surface area contributed by atoms with Crippen molar-refractivity contribution in [3.8, 4) is 0 Å². The van der Waals surface area contributed by atoms with Crippen LogP contribution in [0.5, 0.6) is 0 Å². The number of benzene rings is 16. The Kier molecular flexibility index (Phi) is 47.4. The smallest absolute Gasteiger partial charge is 2.00 e. The molecule has 126 heavy (non-hydrogen) atoms. The molecule has 0 aromatic heterocycles. The number of hydrogen-bond acceptors (Lipinski definition) is 0. The SMILES string of the molecule is C[PH+](C)c1ccccc1.C[PH+](C)c1ccccc1.C[PH+](C)c1ccccc1.C[PH+](C)c1ccccc1.Cc1ccc[c]([Ge]([c]2cccc(C)c2)[c]2cccc(C)c2)c1.Cc1ccc[c]([Ge]([c]2cccc(C)c2)[c]2cccc(C)c2)c1.Cc1ccc[c]([Ge]([c]2cccc(C)c2)[c]2cccc(C)c2)c1.Cc1ccc[c]([Ge]([c]2cccc(C)c2)[c]2cccc(C)c2)c1.[Pt+2].[Pt+2]. The van der Waals surface area contributed by atoms with E-state index in [-0.39, 0.29) is 73.8 Å². The summed E-state index contributed by atoms with van der Waals surface area (Å²) in [5.74, 6) is 0. The van der Waals surface area contributed by atoms with E-state index in [4.69, 9.17) is 0 Å². The van der Waals surface area contributed by atoms with Gasteiger partial charge in [0.1, 0.15) is 0 Å². The Hall–Kier alpha value is -7.21. The molecule has 644 valence electrons. The van der Waals surface area contributed by atoms with Crippen LogP contribution >= 0.6 is 31.7 Å². The van der Waals surface area contributed by atoms with Crippen molar-refractivity contribution in [3.63, 3.8) is 0 Å². The molecule has 0 spiro atoms. The number of aryl methyl sites for hydroxylation is 12. The fraction of sp³-hybridized carbons (Fsp3) is 0.172. The first-order valence-electron chi connectivity index (χ1n) is 43.5. The monoisotopic (exact) mass is 2330 g/mol. The van der Waals surface area contributed by atoms with Gasteiger partial charge in [-0.15, -0.1) is 0 Å². The number of hydrogen-bond donors (Lipinski definition) is 0. The van der Waals surface area contributed by atoms with Crippen LogP contribution in [0.25, 0.3) is 0 Å². The molecule has 0 aliphatic rings. The van der Waals surface area contributed by atoms with E-state index in [2.05, 4.69) is 549 Å². The first-order chi connectivity index (χ1) is 59.7. The van der Waals surface area contributed by atoms with E-state index in [1.165, 1.54) is 141 Å². The largest absolute Gasteiger partial charge is 2.00 e. The van der Waals surface area contributed by atoms with Crippen LogP contribution in [0, 0.1) is 83.1 Å². The molecule has 0 saturated carbocycles. The molecule has 16 aromatic carbocycles. The van der Waals surface area contributed by atoms with Gasteiger partial charge in [-0.3, -0.25) is 0 Å². The van der Waals surface area contributed by atoms with Crippen LogP contribution < -0.4 is 74.0 Å². The van der Waals surface area contributed by atoms with Crippen molar-refractivity contribution >= 4 is 163 Å². The molecule has 0 aliphatic carbocycles. The molecule has 0 heterocycles. The van der Waals surface area contributed by atoms with Crippen LogP contribution in [-0.4, -0.2) is 111 Å². The molecule has 0 N–H and O–H groups in total. The van der Waals surface area contributed by atoms with Gasteiger partial charge in [0.2, 0.25) is 0 Å². The molecule has 10 heteroatoms. The van der Waals surface area contributed by atoms with Crippen LogP contribution in [0.3, 0.4) is 0 Å². The summed E-state index contributed by atoms with van der Waals surface area (Å²) in [6.07, 6.45) is 0. The van der Waals surface area contributed by atoms with E-state index in [0.29, 0.717) is 0 Å². The van der Waals surface area contributed by atoms with Gasteiger partial charge in [0.15, 0.2) is 0 Å². The standard InChI is InChI=1S/4C21H21Ge.4C8H11P.2Pt/c4*1-16-7-4-10-19(13-16)22(20-11-5-8-17(2)14-20)21-12-6-9-18(3)15-21;4*1-9(2)8-6-4-3-5-7-8;;/h4*4-15H,1-3H3;4*3-7H,1-2H3;;/q;;;;;;;;2*+2/p+4. The second-order valence-corrected chi connectivity index (χ2v) is 64.5. The van der Waals surface area contributed by atoms with E-state index >= 15 is 0 Å². The molecule has 0 fully saturated rings. The third-order valence-electron chi connectivity index (χ3n) is 21.1. The summed E-state index contributed by atoms with van der Waals surface area (Å²) in [6.45, 7) is 44.7. The zero-order valence-corrected chi connectivity index (χ0v) is 94.8. The van der Waals surface area contributed by atoms with Crippen molar-refractivity contribution in [1.82, 2.24) is 0 Å². The summed E-state index contributed by atoms with van der Waals surface area (Å²) in [4.78, 5) is 0. The van der Waals surface area contributed by atoms with Crippen molar-refractivity contribution in [2.45, 2.75) is 83.1 Å². The van der Waals surface area contributed by atoms with E-state index in [1.54, 1.807) is 0 Å². The Morgan fingerprint density at radius 1 is 0.127 bits per heavy atom. The molecule has 0 saturated heterocycles. The van der Waals surface area contributed by atoms with Gasteiger partial charge in [-0.2, -0.15) is 0 Å². The number of rotatable bonds is 16. The fourth-order valence-corrected chi connectivity index (χ4v) is 42.5. The Morgan fingerprint density at radius 3 is 0.294 bits per heavy atom. The Bertz CT molecular complexity index is 4710. The molecule has 0 bridgehead atoms. The summed E-state index contributed by atoms with van der Waals surface area (Å²) < 4.78 is 18.3. The maximum atomic E-state index is 2.38. The van der Waals surface area contributed by atoms with Crippen LogP contribution in [0.4, 0.5) is 0 Å². The second-order valence-electron chi connectivity index (χ2n) is 33.4. The third kappa shape index (κ3) is 35.9. The summed E-state index contributed by atoms with van der Waals surface area (Å²) in [5, 5.41) is 6.06. The van der Waals surface area contributed by atoms with E-state index in [0.717, 1.165) is 0 Å². The third-order valence-corrected chi connectivity index (χ3v) is 49.4. The molecule has 0 atom stereocenters. The Morgan fingerprint density at radius 2 is 0.222 bits per heavy atom. The molecular weight excluding hydrogens is 2200 g/mol. The van der Waals surface area contributed by atoms with Crippen molar-refractivity contribution < 1.29 is 42.1 Å². The van der Waals surface area contributed by atoms with Crippen molar-refractivity contribution in [3.05, 3.63) is 479 Å². The van der Waals surface area contributed by atoms with Gasteiger partial charge < -0.3 is 0 Å². The van der Waals surface area contributed by atoms with Gasteiger partial charge in [0.05, 0.1) is 74.5 Å². The van der Waals surface area contributed by atoms with Gasteiger partial charge in [0, 0.05) is 31.7 Å². The first kappa shape index (κ1) is 106. The summed E-state index contributed by atoms with van der Waals surface area (Å²) >= 11 is -6.92. The predicted molar refractivity (Wildman–Crippen MR) is 578 cm³/mol. The van der Waals surface area contributed by atoms with Crippen LogP contribution in [0.2, 0.25) is 0 Å². The minimum Gasteiger partial charge on any atom is 2.00 e. The molecule has 0 unspecified atom stereocenters. The molecule has 16 rings (SSSR count). The van der Waals surface area contributed by atoms with Crippen LogP contribution in [0.15, 0.2) is 413 Å². The van der Waals surface area contributed by atoms with E-state index in [9.17, 15) is 0 Å². The van der Waals surface area contributed by atoms with Gasteiger partial charge in [-0.05, 0) is 48.5 Å². The normalized spacial score (nSPS) is 10.5. The minimum atomic E-state index is -1.73. The summed E-state index contributed by atoms with van der Waals surface area (Å²) in [7, 11) is -0.849. The average Bonchev–Trinajstić information content (AvgIpc) is 0.819. The molecular formula is C116H132Ge4P4Pt2+8. The zero-order chi connectivity index (χ0) is 88.9. The molecule has 4 radical (unpaired) electrons. The molecule has 0 amide bonds. The second kappa shape index (κ2) is 56.4. The summed E-state index contributed by atoms with van der Waals surface area (Å²) in [5.41, 5.74) is 16.2. The minimum absolute atomic E-state index is 0. The average molecular weight is 2330 g/mol. The van der Waals surface area contributed by atoms with Gasteiger partial charge in [0.25, 0.3) is 0 Å². The van der Waals surface area contributed by atoms with Crippen molar-refractivity contribution in [1.29, 1.82) is 0 Å². The van der Waals surface area contributed by atoms with Gasteiger partial charge in [-0.1, -0.05) is 72.8 Å².